The summed E-state index contributed by atoms with van der Waals surface area (Å²) in [7, 11) is 0. The molecule has 1 aliphatic rings. The minimum Gasteiger partial charge on any atom is -0.329 e. The van der Waals surface area contributed by atoms with E-state index in [9.17, 15) is 0 Å². The highest BCUT2D eigenvalue weighted by atomic mass is 32.1. The summed E-state index contributed by atoms with van der Waals surface area (Å²) in [6.45, 7) is 9.92. The van der Waals surface area contributed by atoms with Gasteiger partial charge in [-0.25, -0.2) is 0 Å². The summed E-state index contributed by atoms with van der Waals surface area (Å²) in [5, 5.41) is 0. The van der Waals surface area contributed by atoms with E-state index < -0.39 is 0 Å². The lowest BCUT2D eigenvalue weighted by atomic mass is 10.0. The van der Waals surface area contributed by atoms with E-state index in [4.69, 9.17) is 5.73 Å². The molecule has 0 radical (unpaired) electrons. The first-order valence-electron chi connectivity index (χ1n) is 7.16. The molecule has 102 valence electrons. The zero-order valence-electron chi connectivity index (χ0n) is 11.9. The predicted octanol–water partition coefficient (Wildman–Crippen LogP) is 3.49. The molecule has 2 N–H and O–H groups in total. The van der Waals surface area contributed by atoms with Crippen molar-refractivity contribution in [2.75, 3.05) is 19.6 Å². The van der Waals surface area contributed by atoms with Gasteiger partial charge in [-0.2, -0.15) is 0 Å². The maximum Gasteiger partial charge on any atom is 0.0481 e. The standard InChI is InChI=1S/C15H26N2S/c1-4-5-13-6-7-17(10-13)15(9-16)14-8-11(2)18-12(14)3/h8,13,15H,4-7,9-10,16H2,1-3H3. The van der Waals surface area contributed by atoms with Crippen LogP contribution in [-0.4, -0.2) is 24.5 Å². The van der Waals surface area contributed by atoms with Crippen molar-refractivity contribution in [1.82, 2.24) is 4.90 Å². The molecule has 0 spiro atoms. The number of nitrogens with zero attached hydrogens (tertiary/aromatic N) is 1. The van der Waals surface area contributed by atoms with Crippen LogP contribution >= 0.6 is 11.3 Å². The highest BCUT2D eigenvalue weighted by Gasteiger charge is 2.29. The molecular formula is C15H26N2S. The van der Waals surface area contributed by atoms with Crippen molar-refractivity contribution in [3.63, 3.8) is 0 Å². The lowest BCUT2D eigenvalue weighted by molar-refractivity contribution is 0.239. The van der Waals surface area contributed by atoms with Crippen LogP contribution in [0.2, 0.25) is 0 Å². The maximum atomic E-state index is 6.05. The van der Waals surface area contributed by atoms with Gasteiger partial charge in [0.05, 0.1) is 0 Å². The second-order valence-corrected chi connectivity index (χ2v) is 7.02. The normalized spacial score (nSPS) is 22.6. The SMILES string of the molecule is CCCC1CCN(C(CN)c2cc(C)sc2C)C1. The van der Waals surface area contributed by atoms with Crippen LogP contribution in [0.1, 0.15) is 47.5 Å². The smallest absolute Gasteiger partial charge is 0.0481 e. The van der Waals surface area contributed by atoms with Crippen LogP contribution < -0.4 is 5.73 Å². The van der Waals surface area contributed by atoms with E-state index >= 15 is 0 Å². The van der Waals surface area contributed by atoms with Crippen molar-refractivity contribution < 1.29 is 0 Å². The Morgan fingerprint density at radius 3 is 2.83 bits per heavy atom. The zero-order valence-corrected chi connectivity index (χ0v) is 12.7. The second-order valence-electron chi connectivity index (χ2n) is 5.56. The van der Waals surface area contributed by atoms with Gasteiger partial charge in [-0.15, -0.1) is 11.3 Å². The van der Waals surface area contributed by atoms with Crippen LogP contribution in [0.25, 0.3) is 0 Å². The van der Waals surface area contributed by atoms with Crippen molar-refractivity contribution in [1.29, 1.82) is 0 Å². The molecule has 0 saturated carbocycles. The molecule has 0 aliphatic carbocycles. The van der Waals surface area contributed by atoms with Crippen molar-refractivity contribution in [2.24, 2.45) is 11.7 Å². The largest absolute Gasteiger partial charge is 0.329 e. The van der Waals surface area contributed by atoms with Crippen LogP contribution in [-0.2, 0) is 0 Å². The molecule has 0 aromatic carbocycles. The summed E-state index contributed by atoms with van der Waals surface area (Å²) in [4.78, 5) is 5.46. The molecule has 1 saturated heterocycles. The highest BCUT2D eigenvalue weighted by molar-refractivity contribution is 7.12. The molecule has 1 aliphatic heterocycles. The lowest BCUT2D eigenvalue weighted by Gasteiger charge is -2.27. The van der Waals surface area contributed by atoms with Crippen molar-refractivity contribution in [3.05, 3.63) is 21.4 Å². The van der Waals surface area contributed by atoms with Gasteiger partial charge in [0.2, 0.25) is 0 Å². The molecule has 1 aromatic heterocycles. The number of hydrogen-bond donors (Lipinski definition) is 1. The minimum atomic E-state index is 0.441. The Morgan fingerprint density at radius 1 is 1.50 bits per heavy atom. The number of thiophene rings is 1. The Labute approximate surface area is 115 Å². The first-order valence-corrected chi connectivity index (χ1v) is 7.98. The molecule has 2 nitrogen and oxygen atoms in total. The fourth-order valence-corrected chi connectivity index (χ4v) is 4.23. The molecule has 1 fully saturated rings. The van der Waals surface area contributed by atoms with Crippen LogP contribution in [0.4, 0.5) is 0 Å². The minimum absolute atomic E-state index is 0.441. The van der Waals surface area contributed by atoms with E-state index in [2.05, 4.69) is 31.7 Å². The van der Waals surface area contributed by atoms with Gasteiger partial charge in [0.15, 0.2) is 0 Å². The predicted molar refractivity (Wildman–Crippen MR) is 80.2 cm³/mol. The Kier molecular flexibility index (Phi) is 4.82. The molecular weight excluding hydrogens is 240 g/mol. The second kappa shape index (κ2) is 6.18. The third-order valence-electron chi connectivity index (χ3n) is 4.12. The summed E-state index contributed by atoms with van der Waals surface area (Å²) in [5.74, 6) is 0.893. The van der Waals surface area contributed by atoms with Gasteiger partial charge in [0.1, 0.15) is 0 Å². The quantitative estimate of drug-likeness (QED) is 0.884. The third-order valence-corrected chi connectivity index (χ3v) is 5.10. The van der Waals surface area contributed by atoms with Gasteiger partial charge in [0.25, 0.3) is 0 Å². The fourth-order valence-electron chi connectivity index (χ4n) is 3.24. The molecule has 2 atom stereocenters. The molecule has 2 heterocycles. The van der Waals surface area contributed by atoms with Crippen LogP contribution in [0.3, 0.4) is 0 Å². The van der Waals surface area contributed by atoms with Crippen LogP contribution in [0, 0.1) is 19.8 Å². The summed E-state index contributed by atoms with van der Waals surface area (Å²) < 4.78 is 0. The molecule has 1 aromatic rings. The van der Waals surface area contributed by atoms with Gasteiger partial charge in [0, 0.05) is 28.9 Å². The average molecular weight is 266 g/mol. The molecule has 18 heavy (non-hydrogen) atoms. The van der Waals surface area contributed by atoms with E-state index in [-0.39, 0.29) is 0 Å². The van der Waals surface area contributed by atoms with Crippen LogP contribution in [0.5, 0.6) is 0 Å². The Hall–Kier alpha value is -0.380. The van der Waals surface area contributed by atoms with E-state index in [1.165, 1.54) is 47.7 Å². The summed E-state index contributed by atoms with van der Waals surface area (Å²) in [6, 6.07) is 2.78. The van der Waals surface area contributed by atoms with E-state index in [1.807, 2.05) is 11.3 Å². The topological polar surface area (TPSA) is 29.3 Å². The fraction of sp³-hybridized carbons (Fsp3) is 0.733. The summed E-state index contributed by atoms with van der Waals surface area (Å²) >= 11 is 1.90. The van der Waals surface area contributed by atoms with E-state index in [0.29, 0.717) is 6.04 Å². The van der Waals surface area contributed by atoms with Crippen molar-refractivity contribution >= 4 is 11.3 Å². The van der Waals surface area contributed by atoms with Gasteiger partial charge in [-0.05, 0) is 50.8 Å². The third kappa shape index (κ3) is 2.95. The maximum absolute atomic E-state index is 6.05. The number of likely N-dealkylation sites (tertiary alicyclic amines) is 1. The van der Waals surface area contributed by atoms with E-state index in [1.54, 1.807) is 0 Å². The molecule has 2 unspecified atom stereocenters. The Balaban J connectivity index is 2.08. The molecule has 0 amide bonds. The van der Waals surface area contributed by atoms with Crippen molar-refractivity contribution in [3.8, 4) is 0 Å². The first-order chi connectivity index (χ1) is 8.65. The van der Waals surface area contributed by atoms with Crippen molar-refractivity contribution in [2.45, 2.75) is 46.1 Å². The van der Waals surface area contributed by atoms with E-state index in [0.717, 1.165) is 12.5 Å². The number of nitrogens with two attached hydrogens (primary N) is 1. The van der Waals surface area contributed by atoms with Gasteiger partial charge >= 0.3 is 0 Å². The molecule has 0 bridgehead atoms. The highest BCUT2D eigenvalue weighted by Crippen LogP contribution is 2.33. The van der Waals surface area contributed by atoms with Gasteiger partial charge in [-0.1, -0.05) is 13.3 Å². The average Bonchev–Trinajstić information content (AvgIpc) is 2.89. The Morgan fingerprint density at radius 2 is 2.28 bits per heavy atom. The van der Waals surface area contributed by atoms with Gasteiger partial charge < -0.3 is 5.73 Å². The monoisotopic (exact) mass is 266 g/mol. The number of hydrogen-bond acceptors (Lipinski definition) is 3. The van der Waals surface area contributed by atoms with Crippen LogP contribution in [0.15, 0.2) is 6.07 Å². The summed E-state index contributed by atoms with van der Waals surface area (Å²) in [5.41, 5.74) is 7.51. The summed E-state index contributed by atoms with van der Waals surface area (Å²) in [6.07, 6.45) is 4.03. The Bertz CT molecular complexity index is 386. The van der Waals surface area contributed by atoms with Gasteiger partial charge in [-0.3, -0.25) is 4.90 Å². The number of aryl methyl sites for hydroxylation is 2. The first kappa shape index (κ1) is 14.0. The zero-order chi connectivity index (χ0) is 13.1. The lowest BCUT2D eigenvalue weighted by Crippen LogP contribution is -2.32. The molecule has 3 heteroatoms. The number of rotatable bonds is 5. The molecule has 2 rings (SSSR count).